The van der Waals surface area contributed by atoms with Crippen molar-refractivity contribution >= 4 is 5.91 Å². The zero-order valence-electron chi connectivity index (χ0n) is 11.3. The lowest BCUT2D eigenvalue weighted by atomic mass is 9.82. The minimum absolute atomic E-state index is 0.0000231. The lowest BCUT2D eigenvalue weighted by Gasteiger charge is -2.49. The van der Waals surface area contributed by atoms with E-state index in [0.29, 0.717) is 31.9 Å². The molecule has 4 heteroatoms. The largest absolute Gasteiger partial charge is 0.386 e. The fourth-order valence-electron chi connectivity index (χ4n) is 2.61. The molecule has 1 amide bonds. The molecule has 2 heterocycles. The fraction of sp³-hybridized carbons (Fsp3) is 0.533. The van der Waals surface area contributed by atoms with E-state index in [0.717, 1.165) is 5.56 Å². The van der Waals surface area contributed by atoms with E-state index in [2.05, 4.69) is 0 Å². The average Bonchev–Trinajstić information content (AvgIpc) is 2.80. The number of benzene rings is 1. The molecule has 3 rings (SSSR count). The summed E-state index contributed by atoms with van der Waals surface area (Å²) in [6, 6.07) is 5.73. The maximum absolute atomic E-state index is 12.3. The van der Waals surface area contributed by atoms with Gasteiger partial charge in [0.2, 0.25) is 0 Å². The van der Waals surface area contributed by atoms with Crippen LogP contribution in [0.4, 0.5) is 0 Å². The molecule has 0 atom stereocenters. The van der Waals surface area contributed by atoms with Crippen molar-refractivity contribution in [1.82, 2.24) is 4.90 Å². The van der Waals surface area contributed by atoms with E-state index in [1.807, 2.05) is 32.0 Å². The third-order valence-electron chi connectivity index (χ3n) is 4.26. The lowest BCUT2D eigenvalue weighted by Crippen LogP contribution is -2.65. The second-order valence-corrected chi connectivity index (χ2v) is 5.90. The molecule has 0 aliphatic carbocycles. The summed E-state index contributed by atoms with van der Waals surface area (Å²) >= 11 is 0. The molecule has 0 aromatic heterocycles. The molecule has 2 aliphatic heterocycles. The highest BCUT2D eigenvalue weighted by Crippen LogP contribution is 2.30. The lowest BCUT2D eigenvalue weighted by molar-refractivity contribution is -0.110. The summed E-state index contributed by atoms with van der Waals surface area (Å²) in [6.07, 6.45) is 0. The molecule has 1 saturated heterocycles. The highest BCUT2D eigenvalue weighted by molar-refractivity contribution is 5.95. The molecule has 0 unspecified atom stereocenters. The highest BCUT2D eigenvalue weighted by atomic mass is 16.5. The van der Waals surface area contributed by atoms with Crippen LogP contribution in [0.25, 0.3) is 0 Å². The van der Waals surface area contributed by atoms with Crippen molar-refractivity contribution in [1.29, 1.82) is 0 Å². The van der Waals surface area contributed by atoms with E-state index in [1.54, 1.807) is 4.90 Å². The summed E-state index contributed by atoms with van der Waals surface area (Å²) < 4.78 is 5.35. The number of fused-ring (bicyclic) bond motifs is 1. The van der Waals surface area contributed by atoms with E-state index >= 15 is 0 Å². The summed E-state index contributed by atoms with van der Waals surface area (Å²) in [5.41, 5.74) is 2.24. The van der Waals surface area contributed by atoms with Crippen LogP contribution in [0.1, 0.15) is 35.3 Å². The molecule has 0 bridgehead atoms. The summed E-state index contributed by atoms with van der Waals surface area (Å²) in [6.45, 7) is 6.05. The topological polar surface area (TPSA) is 49.8 Å². The van der Waals surface area contributed by atoms with Crippen molar-refractivity contribution in [2.75, 3.05) is 13.1 Å². The van der Waals surface area contributed by atoms with Gasteiger partial charge in [-0.05, 0) is 29.2 Å². The molecule has 0 spiro atoms. The molecule has 1 N–H and O–H groups in total. The summed E-state index contributed by atoms with van der Waals surface area (Å²) in [5, 5.41) is 10.2. The van der Waals surface area contributed by atoms with Gasteiger partial charge >= 0.3 is 0 Å². The second kappa shape index (κ2) is 4.32. The van der Waals surface area contributed by atoms with Gasteiger partial charge in [0.05, 0.1) is 26.3 Å². The van der Waals surface area contributed by atoms with Gasteiger partial charge in [-0.2, -0.15) is 0 Å². The van der Waals surface area contributed by atoms with Gasteiger partial charge in [-0.3, -0.25) is 4.79 Å². The zero-order chi connectivity index (χ0) is 13.6. The number of carbonyl (C=O) groups is 1. The number of aliphatic hydroxyl groups is 1. The smallest absolute Gasteiger partial charge is 0.254 e. The van der Waals surface area contributed by atoms with Crippen molar-refractivity contribution in [3.8, 4) is 0 Å². The van der Waals surface area contributed by atoms with Crippen molar-refractivity contribution in [3.63, 3.8) is 0 Å². The molecule has 1 aromatic carbocycles. The van der Waals surface area contributed by atoms with Crippen LogP contribution in [0.2, 0.25) is 0 Å². The van der Waals surface area contributed by atoms with Gasteiger partial charge in [0, 0.05) is 5.56 Å². The Balaban J connectivity index is 1.72. The molecule has 0 radical (unpaired) electrons. The third-order valence-corrected chi connectivity index (χ3v) is 4.26. The standard InChI is InChI=1S/C15H19NO3/c1-10(2)15(18)8-16(9-15)14(17)11-3-4-12-6-19-7-13(12)5-11/h3-5,10,18H,6-9H2,1-2H3. The average molecular weight is 261 g/mol. The summed E-state index contributed by atoms with van der Waals surface area (Å²) in [5.74, 6) is 0.171. The molecule has 0 saturated carbocycles. The molecule has 4 nitrogen and oxygen atoms in total. The first kappa shape index (κ1) is 12.6. The van der Waals surface area contributed by atoms with E-state index in [1.165, 1.54) is 5.56 Å². The SMILES string of the molecule is CC(C)C1(O)CN(C(=O)c2ccc3c(c2)COC3)C1. The molecular weight excluding hydrogens is 242 g/mol. The van der Waals surface area contributed by atoms with Gasteiger partial charge in [-0.25, -0.2) is 0 Å². The molecule has 2 aliphatic rings. The number of β-amino-alcohol motifs (C(OH)–C–C–N with tert-alkyl or cyclic N) is 1. The Labute approximate surface area is 113 Å². The highest BCUT2D eigenvalue weighted by Gasteiger charge is 2.45. The normalized spacial score (nSPS) is 20.3. The van der Waals surface area contributed by atoms with Crippen LogP contribution in [0.15, 0.2) is 18.2 Å². The Kier molecular flexibility index (Phi) is 2.87. The molecule has 1 aromatic rings. The van der Waals surface area contributed by atoms with Crippen LogP contribution in [0.3, 0.4) is 0 Å². The van der Waals surface area contributed by atoms with Gasteiger partial charge in [-0.15, -0.1) is 0 Å². The number of carbonyl (C=O) groups excluding carboxylic acids is 1. The number of amides is 1. The Morgan fingerprint density at radius 3 is 2.68 bits per heavy atom. The Hall–Kier alpha value is -1.39. The molecular formula is C15H19NO3. The zero-order valence-corrected chi connectivity index (χ0v) is 11.3. The monoisotopic (exact) mass is 261 g/mol. The number of hydrogen-bond donors (Lipinski definition) is 1. The van der Waals surface area contributed by atoms with Gasteiger partial charge in [0.1, 0.15) is 5.60 Å². The first-order valence-electron chi connectivity index (χ1n) is 6.71. The summed E-state index contributed by atoms with van der Waals surface area (Å²) in [4.78, 5) is 14.0. The predicted molar refractivity (Wildman–Crippen MR) is 70.6 cm³/mol. The predicted octanol–water partition coefficient (Wildman–Crippen LogP) is 1.56. The number of nitrogens with zero attached hydrogens (tertiary/aromatic N) is 1. The first-order valence-corrected chi connectivity index (χ1v) is 6.71. The molecule has 19 heavy (non-hydrogen) atoms. The van der Waals surface area contributed by atoms with Gasteiger partial charge in [-0.1, -0.05) is 19.9 Å². The Morgan fingerprint density at radius 2 is 2.00 bits per heavy atom. The van der Waals surface area contributed by atoms with E-state index < -0.39 is 5.60 Å². The Morgan fingerprint density at radius 1 is 1.32 bits per heavy atom. The van der Waals surface area contributed by atoms with Crippen LogP contribution in [-0.2, 0) is 18.0 Å². The van der Waals surface area contributed by atoms with Crippen molar-refractivity contribution < 1.29 is 14.6 Å². The minimum Gasteiger partial charge on any atom is -0.386 e. The van der Waals surface area contributed by atoms with Gasteiger partial charge in [0.25, 0.3) is 5.91 Å². The number of hydrogen-bond acceptors (Lipinski definition) is 3. The van der Waals surface area contributed by atoms with Gasteiger partial charge in [0.15, 0.2) is 0 Å². The van der Waals surface area contributed by atoms with Crippen LogP contribution < -0.4 is 0 Å². The van der Waals surface area contributed by atoms with Crippen molar-refractivity contribution in [3.05, 3.63) is 34.9 Å². The van der Waals surface area contributed by atoms with Crippen LogP contribution >= 0.6 is 0 Å². The fourth-order valence-corrected chi connectivity index (χ4v) is 2.61. The maximum Gasteiger partial charge on any atom is 0.254 e. The van der Waals surface area contributed by atoms with Gasteiger partial charge < -0.3 is 14.7 Å². The molecule has 102 valence electrons. The van der Waals surface area contributed by atoms with E-state index in [4.69, 9.17) is 4.74 Å². The minimum atomic E-state index is -0.713. The first-order chi connectivity index (χ1) is 8.99. The van der Waals surface area contributed by atoms with Crippen LogP contribution in [0.5, 0.6) is 0 Å². The van der Waals surface area contributed by atoms with Crippen LogP contribution in [-0.4, -0.2) is 34.6 Å². The van der Waals surface area contributed by atoms with E-state index in [-0.39, 0.29) is 11.8 Å². The summed E-state index contributed by atoms with van der Waals surface area (Å²) in [7, 11) is 0. The van der Waals surface area contributed by atoms with Crippen LogP contribution in [0, 0.1) is 5.92 Å². The van der Waals surface area contributed by atoms with Crippen molar-refractivity contribution in [2.45, 2.75) is 32.7 Å². The van der Waals surface area contributed by atoms with Crippen molar-refractivity contribution in [2.24, 2.45) is 5.92 Å². The second-order valence-electron chi connectivity index (χ2n) is 5.90. The Bertz CT molecular complexity index is 518. The van der Waals surface area contributed by atoms with E-state index in [9.17, 15) is 9.90 Å². The number of rotatable bonds is 2. The third kappa shape index (κ3) is 2.05. The number of likely N-dealkylation sites (tertiary alicyclic amines) is 1. The quantitative estimate of drug-likeness (QED) is 0.879. The molecule has 1 fully saturated rings. The number of ether oxygens (including phenoxy) is 1. The maximum atomic E-state index is 12.3.